The lowest BCUT2D eigenvalue weighted by Gasteiger charge is -2.28. The van der Waals surface area contributed by atoms with Crippen molar-refractivity contribution in [2.75, 3.05) is 29.5 Å². The van der Waals surface area contributed by atoms with Crippen LogP contribution in [0.5, 0.6) is 0 Å². The van der Waals surface area contributed by atoms with Gasteiger partial charge in [0.15, 0.2) is 0 Å². The first-order chi connectivity index (χ1) is 8.20. The number of nitrogens with two attached hydrogens (primary N) is 1. The van der Waals surface area contributed by atoms with E-state index >= 15 is 0 Å². The van der Waals surface area contributed by atoms with Gasteiger partial charge in [0.05, 0.1) is 17.6 Å². The molecule has 0 saturated carbocycles. The minimum Gasteiger partial charge on any atom is -0.368 e. The molecular formula is C12H19N3OS. The summed E-state index contributed by atoms with van der Waals surface area (Å²) in [5, 5.41) is 0. The molecule has 5 heteroatoms. The van der Waals surface area contributed by atoms with E-state index in [2.05, 4.69) is 22.9 Å². The summed E-state index contributed by atoms with van der Waals surface area (Å²) in [6.07, 6.45) is 2.77. The molecule has 1 saturated heterocycles. The highest BCUT2D eigenvalue weighted by molar-refractivity contribution is 7.85. The van der Waals surface area contributed by atoms with E-state index in [1.54, 1.807) is 0 Å². The Balaban J connectivity index is 2.05. The minimum atomic E-state index is -0.630. The Labute approximate surface area is 105 Å². The van der Waals surface area contributed by atoms with Gasteiger partial charge in [0.25, 0.3) is 0 Å². The van der Waals surface area contributed by atoms with Crippen LogP contribution in [0.2, 0.25) is 0 Å². The van der Waals surface area contributed by atoms with E-state index in [1.165, 1.54) is 0 Å². The maximum atomic E-state index is 11.3. The van der Waals surface area contributed by atoms with Crippen LogP contribution in [0.3, 0.4) is 0 Å². The first kappa shape index (κ1) is 12.5. The van der Waals surface area contributed by atoms with Crippen LogP contribution in [-0.2, 0) is 10.8 Å². The summed E-state index contributed by atoms with van der Waals surface area (Å²) in [6, 6.07) is 4.08. The van der Waals surface area contributed by atoms with Gasteiger partial charge in [-0.1, -0.05) is 6.92 Å². The molecule has 1 aliphatic heterocycles. The summed E-state index contributed by atoms with van der Waals surface area (Å²) < 4.78 is 11.3. The average Bonchev–Trinajstić information content (AvgIpc) is 2.39. The van der Waals surface area contributed by atoms with Crippen molar-refractivity contribution in [2.24, 2.45) is 5.73 Å². The lowest BCUT2D eigenvalue weighted by atomic mass is 10.1. The smallest absolute Gasteiger partial charge is 0.0572 e. The molecule has 2 heterocycles. The monoisotopic (exact) mass is 253 g/mol. The van der Waals surface area contributed by atoms with Gasteiger partial charge < -0.3 is 10.6 Å². The van der Waals surface area contributed by atoms with Gasteiger partial charge in [-0.05, 0) is 18.6 Å². The van der Waals surface area contributed by atoms with Crippen LogP contribution in [0, 0.1) is 0 Å². The fourth-order valence-corrected chi connectivity index (χ4v) is 2.96. The van der Waals surface area contributed by atoms with Crippen molar-refractivity contribution >= 4 is 16.5 Å². The topological polar surface area (TPSA) is 59.2 Å². The van der Waals surface area contributed by atoms with Crippen molar-refractivity contribution < 1.29 is 4.21 Å². The molecular weight excluding hydrogens is 234 g/mol. The fraction of sp³-hybridized carbons (Fsp3) is 0.583. The largest absolute Gasteiger partial charge is 0.368 e. The number of rotatable bonds is 3. The third kappa shape index (κ3) is 3.04. The summed E-state index contributed by atoms with van der Waals surface area (Å²) in [7, 11) is -0.630. The van der Waals surface area contributed by atoms with E-state index in [-0.39, 0.29) is 6.04 Å². The molecule has 0 bridgehead atoms. The van der Waals surface area contributed by atoms with E-state index in [4.69, 9.17) is 5.73 Å². The van der Waals surface area contributed by atoms with Gasteiger partial charge in [-0.25, -0.2) is 0 Å². The molecule has 0 aliphatic carbocycles. The summed E-state index contributed by atoms with van der Waals surface area (Å²) in [5.74, 6) is 1.52. The minimum absolute atomic E-state index is 0.0258. The van der Waals surface area contributed by atoms with E-state index < -0.39 is 10.8 Å². The van der Waals surface area contributed by atoms with Gasteiger partial charge in [0, 0.05) is 41.4 Å². The number of aromatic nitrogens is 1. The van der Waals surface area contributed by atoms with Gasteiger partial charge in [0.1, 0.15) is 0 Å². The van der Waals surface area contributed by atoms with E-state index in [0.717, 1.165) is 42.4 Å². The van der Waals surface area contributed by atoms with E-state index in [9.17, 15) is 4.21 Å². The number of hydrogen-bond donors (Lipinski definition) is 1. The van der Waals surface area contributed by atoms with Crippen LogP contribution < -0.4 is 10.6 Å². The van der Waals surface area contributed by atoms with Crippen molar-refractivity contribution in [3.8, 4) is 0 Å². The number of pyridine rings is 1. The SMILES string of the molecule is CCC(N)c1ccc(N2CCS(=O)CC2)cn1. The summed E-state index contributed by atoms with van der Waals surface area (Å²) >= 11 is 0. The first-order valence-corrected chi connectivity index (χ1v) is 7.51. The predicted molar refractivity (Wildman–Crippen MR) is 71.5 cm³/mol. The Morgan fingerprint density at radius 2 is 2.18 bits per heavy atom. The zero-order valence-electron chi connectivity index (χ0n) is 10.1. The zero-order valence-corrected chi connectivity index (χ0v) is 10.9. The third-order valence-electron chi connectivity index (χ3n) is 3.13. The molecule has 1 aromatic rings. The van der Waals surface area contributed by atoms with Gasteiger partial charge in [-0.15, -0.1) is 0 Å². The fourth-order valence-electron chi connectivity index (χ4n) is 1.91. The van der Waals surface area contributed by atoms with Crippen molar-refractivity contribution in [2.45, 2.75) is 19.4 Å². The van der Waals surface area contributed by atoms with Crippen LogP contribution in [0.25, 0.3) is 0 Å². The molecule has 1 aromatic heterocycles. The van der Waals surface area contributed by atoms with Gasteiger partial charge in [0.2, 0.25) is 0 Å². The molecule has 17 heavy (non-hydrogen) atoms. The molecule has 4 nitrogen and oxygen atoms in total. The molecule has 94 valence electrons. The quantitative estimate of drug-likeness (QED) is 0.875. The highest BCUT2D eigenvalue weighted by atomic mass is 32.2. The van der Waals surface area contributed by atoms with Crippen LogP contribution in [0.4, 0.5) is 5.69 Å². The van der Waals surface area contributed by atoms with E-state index in [1.807, 2.05) is 12.3 Å². The maximum absolute atomic E-state index is 11.3. The molecule has 1 aliphatic rings. The Morgan fingerprint density at radius 3 is 2.71 bits per heavy atom. The highest BCUT2D eigenvalue weighted by Crippen LogP contribution is 2.18. The standard InChI is InChI=1S/C12H19N3OS/c1-2-11(13)12-4-3-10(9-14-12)15-5-7-17(16)8-6-15/h3-4,9,11H,2,5-8,13H2,1H3. The lowest BCUT2D eigenvalue weighted by molar-refractivity contribution is 0.670. The maximum Gasteiger partial charge on any atom is 0.0572 e. The number of anilines is 1. The average molecular weight is 253 g/mol. The second-order valence-corrected chi connectivity index (χ2v) is 5.99. The zero-order chi connectivity index (χ0) is 12.3. The van der Waals surface area contributed by atoms with Crippen molar-refractivity contribution in [1.29, 1.82) is 0 Å². The van der Waals surface area contributed by atoms with Crippen molar-refractivity contribution in [3.05, 3.63) is 24.0 Å². The molecule has 1 unspecified atom stereocenters. The van der Waals surface area contributed by atoms with Gasteiger partial charge in [-0.3, -0.25) is 9.19 Å². The number of hydrogen-bond acceptors (Lipinski definition) is 4. The number of nitrogens with zero attached hydrogens (tertiary/aromatic N) is 2. The highest BCUT2D eigenvalue weighted by Gasteiger charge is 2.16. The van der Waals surface area contributed by atoms with Gasteiger partial charge in [-0.2, -0.15) is 0 Å². The Morgan fingerprint density at radius 1 is 1.47 bits per heavy atom. The summed E-state index contributed by atoms with van der Waals surface area (Å²) in [4.78, 5) is 6.63. The van der Waals surface area contributed by atoms with Crippen molar-refractivity contribution in [1.82, 2.24) is 4.98 Å². The molecule has 2 N–H and O–H groups in total. The Kier molecular flexibility index (Phi) is 4.12. The summed E-state index contributed by atoms with van der Waals surface area (Å²) in [6.45, 7) is 3.77. The molecule has 0 radical (unpaired) electrons. The Hall–Kier alpha value is -0.940. The molecule has 0 aromatic carbocycles. The normalized spacial score (nSPS) is 19.3. The molecule has 1 fully saturated rings. The first-order valence-electron chi connectivity index (χ1n) is 6.02. The van der Waals surface area contributed by atoms with E-state index in [0.29, 0.717) is 0 Å². The lowest BCUT2D eigenvalue weighted by Crippen LogP contribution is -2.37. The van der Waals surface area contributed by atoms with Crippen LogP contribution in [0.1, 0.15) is 25.1 Å². The molecule has 2 rings (SSSR count). The second kappa shape index (κ2) is 5.60. The molecule has 0 spiro atoms. The predicted octanol–water partition coefficient (Wildman–Crippen LogP) is 1.06. The van der Waals surface area contributed by atoms with Crippen LogP contribution >= 0.6 is 0 Å². The Bertz CT molecular complexity index is 383. The second-order valence-electron chi connectivity index (χ2n) is 4.29. The van der Waals surface area contributed by atoms with Crippen LogP contribution in [0.15, 0.2) is 18.3 Å². The van der Waals surface area contributed by atoms with Crippen molar-refractivity contribution in [3.63, 3.8) is 0 Å². The van der Waals surface area contributed by atoms with Gasteiger partial charge >= 0.3 is 0 Å². The van der Waals surface area contributed by atoms with Crippen LogP contribution in [-0.4, -0.2) is 33.8 Å². The summed E-state index contributed by atoms with van der Waals surface area (Å²) in [5.41, 5.74) is 7.97. The molecule has 1 atom stereocenters. The third-order valence-corrected chi connectivity index (χ3v) is 4.41. The molecule has 0 amide bonds.